The number of aromatic nitrogens is 1. The molecule has 0 unspecified atom stereocenters. The van der Waals surface area contributed by atoms with E-state index in [-0.39, 0.29) is 0 Å². The van der Waals surface area contributed by atoms with Crippen molar-refractivity contribution in [2.45, 2.75) is 6.92 Å². The third-order valence-electron chi connectivity index (χ3n) is 1.48. The number of nitrogens with two attached hydrogens (primary N) is 1. The SMILES string of the molecule is COC(=O)c1ncc(N)cc1C. The summed E-state index contributed by atoms with van der Waals surface area (Å²) in [6, 6.07) is 1.68. The number of carbonyl (C=O) groups is 1. The first kappa shape index (κ1) is 8.52. The number of pyridine rings is 1. The number of aryl methyl sites for hydroxylation is 1. The molecule has 1 aromatic rings. The van der Waals surface area contributed by atoms with Crippen molar-refractivity contribution in [3.05, 3.63) is 23.5 Å². The number of rotatable bonds is 1. The van der Waals surface area contributed by atoms with Crippen molar-refractivity contribution in [3.63, 3.8) is 0 Å². The molecule has 2 N–H and O–H groups in total. The number of hydrogen-bond donors (Lipinski definition) is 1. The monoisotopic (exact) mass is 166 g/mol. The van der Waals surface area contributed by atoms with Crippen LogP contribution in [0.4, 0.5) is 5.69 Å². The molecule has 12 heavy (non-hydrogen) atoms. The first-order valence-electron chi connectivity index (χ1n) is 3.45. The molecule has 0 aliphatic heterocycles. The third-order valence-corrected chi connectivity index (χ3v) is 1.48. The number of nitrogens with zero attached hydrogens (tertiary/aromatic N) is 1. The van der Waals surface area contributed by atoms with Crippen LogP contribution in [-0.4, -0.2) is 18.1 Å². The maximum Gasteiger partial charge on any atom is 0.356 e. The summed E-state index contributed by atoms with van der Waals surface area (Å²) in [5.41, 5.74) is 7.03. The van der Waals surface area contributed by atoms with Gasteiger partial charge >= 0.3 is 5.97 Å². The Balaban J connectivity index is 3.09. The molecular weight excluding hydrogens is 156 g/mol. The van der Waals surface area contributed by atoms with Crippen LogP contribution in [0.2, 0.25) is 0 Å². The molecule has 1 rings (SSSR count). The smallest absolute Gasteiger partial charge is 0.356 e. The van der Waals surface area contributed by atoms with Gasteiger partial charge in [0.15, 0.2) is 5.69 Å². The van der Waals surface area contributed by atoms with E-state index >= 15 is 0 Å². The number of ether oxygens (including phenoxy) is 1. The van der Waals surface area contributed by atoms with Gasteiger partial charge in [0.05, 0.1) is 19.0 Å². The molecule has 0 saturated carbocycles. The van der Waals surface area contributed by atoms with Crippen LogP contribution in [0.15, 0.2) is 12.3 Å². The zero-order valence-electron chi connectivity index (χ0n) is 7.00. The van der Waals surface area contributed by atoms with Gasteiger partial charge in [-0.2, -0.15) is 0 Å². The second kappa shape index (κ2) is 3.21. The normalized spacial score (nSPS) is 9.50. The summed E-state index contributed by atoms with van der Waals surface area (Å²) in [5.74, 6) is -0.438. The predicted octanol–water partition coefficient (Wildman–Crippen LogP) is 0.759. The molecule has 0 radical (unpaired) electrons. The molecule has 0 aliphatic rings. The van der Waals surface area contributed by atoms with E-state index in [9.17, 15) is 4.79 Å². The van der Waals surface area contributed by atoms with Gasteiger partial charge in [-0.05, 0) is 18.6 Å². The lowest BCUT2D eigenvalue weighted by Gasteiger charge is -2.02. The van der Waals surface area contributed by atoms with Crippen LogP contribution in [-0.2, 0) is 4.74 Å². The van der Waals surface area contributed by atoms with Crippen molar-refractivity contribution in [2.75, 3.05) is 12.8 Å². The lowest BCUT2D eigenvalue weighted by atomic mass is 10.2. The van der Waals surface area contributed by atoms with E-state index in [1.807, 2.05) is 0 Å². The van der Waals surface area contributed by atoms with Gasteiger partial charge in [-0.1, -0.05) is 0 Å². The fraction of sp³-hybridized carbons (Fsp3) is 0.250. The van der Waals surface area contributed by atoms with Crippen LogP contribution < -0.4 is 5.73 Å². The first-order valence-corrected chi connectivity index (χ1v) is 3.45. The summed E-state index contributed by atoms with van der Waals surface area (Å²) in [5, 5.41) is 0. The molecule has 4 nitrogen and oxygen atoms in total. The summed E-state index contributed by atoms with van der Waals surface area (Å²) >= 11 is 0. The highest BCUT2D eigenvalue weighted by Crippen LogP contribution is 2.09. The molecule has 4 heteroatoms. The van der Waals surface area contributed by atoms with Gasteiger partial charge in [0.25, 0.3) is 0 Å². The predicted molar refractivity (Wildman–Crippen MR) is 44.7 cm³/mol. The Hall–Kier alpha value is -1.58. The highest BCUT2D eigenvalue weighted by Gasteiger charge is 2.09. The molecule has 0 bridgehead atoms. The average Bonchev–Trinajstić information content (AvgIpc) is 2.03. The minimum atomic E-state index is -0.438. The number of nitrogen functional groups attached to an aromatic ring is 1. The minimum Gasteiger partial charge on any atom is -0.464 e. The Labute approximate surface area is 70.4 Å². The number of anilines is 1. The second-order valence-electron chi connectivity index (χ2n) is 2.43. The topological polar surface area (TPSA) is 65.2 Å². The van der Waals surface area contributed by atoms with Crippen LogP contribution in [0, 0.1) is 6.92 Å². The maximum absolute atomic E-state index is 11.0. The summed E-state index contributed by atoms with van der Waals surface area (Å²) in [7, 11) is 1.32. The van der Waals surface area contributed by atoms with Crippen LogP contribution >= 0.6 is 0 Å². The molecule has 0 fully saturated rings. The number of esters is 1. The fourth-order valence-electron chi connectivity index (χ4n) is 0.907. The molecule has 0 amide bonds. The van der Waals surface area contributed by atoms with Crippen molar-refractivity contribution in [2.24, 2.45) is 0 Å². The van der Waals surface area contributed by atoms with E-state index < -0.39 is 5.97 Å². The summed E-state index contributed by atoms with van der Waals surface area (Å²) in [6.07, 6.45) is 1.43. The Morgan fingerprint density at radius 2 is 2.33 bits per heavy atom. The molecule has 0 aromatic carbocycles. The van der Waals surface area contributed by atoms with E-state index in [1.165, 1.54) is 13.3 Å². The zero-order chi connectivity index (χ0) is 9.14. The molecule has 0 saturated heterocycles. The summed E-state index contributed by atoms with van der Waals surface area (Å²) in [4.78, 5) is 14.9. The molecular formula is C8H10N2O2. The van der Waals surface area contributed by atoms with Crippen molar-refractivity contribution in [1.82, 2.24) is 4.98 Å². The van der Waals surface area contributed by atoms with E-state index in [0.29, 0.717) is 11.4 Å². The van der Waals surface area contributed by atoms with Gasteiger partial charge in [-0.15, -0.1) is 0 Å². The van der Waals surface area contributed by atoms with Gasteiger partial charge in [-0.3, -0.25) is 0 Å². The number of hydrogen-bond acceptors (Lipinski definition) is 4. The highest BCUT2D eigenvalue weighted by atomic mass is 16.5. The van der Waals surface area contributed by atoms with Gasteiger partial charge in [0.2, 0.25) is 0 Å². The Kier molecular flexibility index (Phi) is 2.28. The highest BCUT2D eigenvalue weighted by molar-refractivity contribution is 5.88. The Morgan fingerprint density at radius 1 is 1.67 bits per heavy atom. The molecule has 0 aliphatic carbocycles. The van der Waals surface area contributed by atoms with Crippen molar-refractivity contribution < 1.29 is 9.53 Å². The summed E-state index contributed by atoms with van der Waals surface area (Å²) in [6.45, 7) is 1.76. The zero-order valence-corrected chi connectivity index (χ0v) is 7.00. The second-order valence-corrected chi connectivity index (χ2v) is 2.43. The lowest BCUT2D eigenvalue weighted by Crippen LogP contribution is -2.07. The van der Waals surface area contributed by atoms with Crippen LogP contribution in [0.25, 0.3) is 0 Å². The molecule has 0 atom stereocenters. The third kappa shape index (κ3) is 1.53. The van der Waals surface area contributed by atoms with Crippen LogP contribution in [0.1, 0.15) is 16.1 Å². The van der Waals surface area contributed by atoms with Gasteiger partial charge < -0.3 is 10.5 Å². The van der Waals surface area contributed by atoms with Crippen LogP contribution in [0.5, 0.6) is 0 Å². The fourth-order valence-corrected chi connectivity index (χ4v) is 0.907. The lowest BCUT2D eigenvalue weighted by molar-refractivity contribution is 0.0593. The van der Waals surface area contributed by atoms with Crippen molar-refractivity contribution >= 4 is 11.7 Å². The quantitative estimate of drug-likeness (QED) is 0.625. The Morgan fingerprint density at radius 3 is 2.83 bits per heavy atom. The van der Waals surface area contributed by atoms with E-state index in [4.69, 9.17) is 5.73 Å². The molecule has 1 aromatic heterocycles. The first-order chi connectivity index (χ1) is 5.65. The average molecular weight is 166 g/mol. The minimum absolute atomic E-state index is 0.312. The standard InChI is InChI=1S/C8H10N2O2/c1-5-3-6(9)4-10-7(5)8(11)12-2/h3-4H,9H2,1-2H3. The molecule has 64 valence electrons. The molecule has 0 spiro atoms. The van der Waals surface area contributed by atoms with Crippen molar-refractivity contribution in [1.29, 1.82) is 0 Å². The van der Waals surface area contributed by atoms with E-state index in [0.717, 1.165) is 5.56 Å². The number of methoxy groups -OCH3 is 1. The molecule has 1 heterocycles. The van der Waals surface area contributed by atoms with Gasteiger partial charge in [0.1, 0.15) is 0 Å². The van der Waals surface area contributed by atoms with Gasteiger partial charge in [0, 0.05) is 0 Å². The van der Waals surface area contributed by atoms with E-state index in [2.05, 4.69) is 9.72 Å². The largest absolute Gasteiger partial charge is 0.464 e. The number of carbonyl (C=O) groups excluding carboxylic acids is 1. The van der Waals surface area contributed by atoms with Crippen molar-refractivity contribution in [3.8, 4) is 0 Å². The maximum atomic E-state index is 11.0. The van der Waals surface area contributed by atoms with Gasteiger partial charge in [-0.25, -0.2) is 9.78 Å². The Bertz CT molecular complexity index is 310. The summed E-state index contributed by atoms with van der Waals surface area (Å²) < 4.78 is 4.51. The van der Waals surface area contributed by atoms with Crippen LogP contribution in [0.3, 0.4) is 0 Å². The van der Waals surface area contributed by atoms with E-state index in [1.54, 1.807) is 13.0 Å².